The van der Waals surface area contributed by atoms with Crippen molar-refractivity contribution in [3.05, 3.63) is 133 Å². The first-order valence-electron chi connectivity index (χ1n) is 17.1. The van der Waals surface area contributed by atoms with E-state index in [1.54, 1.807) is 47.8 Å². The average molecular weight is 727 g/mol. The molecule has 5 rings (SSSR count). The van der Waals surface area contributed by atoms with Crippen molar-refractivity contribution in [2.75, 3.05) is 0 Å². The zero-order chi connectivity index (χ0) is 35.3. The lowest BCUT2D eigenvalue weighted by atomic mass is 9.78. The van der Waals surface area contributed by atoms with Crippen molar-refractivity contribution in [3.63, 3.8) is 0 Å². The highest BCUT2D eigenvalue weighted by atomic mass is 32.2. The van der Waals surface area contributed by atoms with Crippen molar-refractivity contribution in [2.24, 2.45) is 0 Å². The second kappa shape index (κ2) is 15.5. The molecule has 256 valence electrons. The van der Waals surface area contributed by atoms with Gasteiger partial charge >= 0.3 is 0 Å². The maximum atomic E-state index is 15.1. The van der Waals surface area contributed by atoms with Gasteiger partial charge in [-0.05, 0) is 109 Å². The molecule has 0 spiro atoms. The highest BCUT2D eigenvalue weighted by Crippen LogP contribution is 2.44. The summed E-state index contributed by atoms with van der Waals surface area (Å²) in [7, 11) is -6.76. The van der Waals surface area contributed by atoms with Crippen LogP contribution >= 0.6 is 30.7 Å². The van der Waals surface area contributed by atoms with Crippen LogP contribution in [0.2, 0.25) is 0 Å². The zero-order valence-corrected chi connectivity index (χ0v) is 32.7. The molecule has 0 aliphatic carbocycles. The molecular weight excluding hydrogens is 680 g/mol. The monoisotopic (exact) mass is 726 g/mol. The topological polar surface area (TPSA) is 51.2 Å². The second-order valence-electron chi connectivity index (χ2n) is 13.1. The minimum atomic E-state index is -3.64. The van der Waals surface area contributed by atoms with Gasteiger partial charge in [0, 0.05) is 35.3 Å². The van der Waals surface area contributed by atoms with E-state index < -0.39 is 17.0 Å². The summed E-state index contributed by atoms with van der Waals surface area (Å²) in [5.41, 5.74) is 1.36. The first-order chi connectivity index (χ1) is 23.4. The third-order valence-electron chi connectivity index (χ3n) is 10.2. The summed E-state index contributed by atoms with van der Waals surface area (Å²) in [4.78, 5) is 3.55. The quantitative estimate of drug-likeness (QED) is 0.0842. The summed E-state index contributed by atoms with van der Waals surface area (Å²) in [5.74, 6) is 0. The molecule has 0 saturated carbocycles. The van der Waals surface area contributed by atoms with Crippen LogP contribution in [0.3, 0.4) is 0 Å². The molecule has 5 aromatic carbocycles. The van der Waals surface area contributed by atoms with Crippen LogP contribution in [-0.2, 0) is 19.8 Å². The van der Waals surface area contributed by atoms with Gasteiger partial charge in [0.2, 0.25) is 9.84 Å². The lowest BCUT2D eigenvalue weighted by Gasteiger charge is -2.28. The molecule has 0 N–H and O–H groups in total. The zero-order valence-electron chi connectivity index (χ0n) is 29.3. The largest absolute Gasteiger partial charge is 0.309 e. The van der Waals surface area contributed by atoms with Gasteiger partial charge in [0.25, 0.3) is 0 Å². The van der Waals surface area contributed by atoms with Crippen molar-refractivity contribution in [1.29, 1.82) is 0 Å². The molecule has 7 heteroatoms. The van der Waals surface area contributed by atoms with Gasteiger partial charge in [-0.25, -0.2) is 8.42 Å². The molecule has 5 aromatic rings. The SMILES string of the molecule is CCC(C)(CC)Sc1ccc(S(=O)(=O)c2ccc(Sc3ccc(P(=O)(c4ccccc4)c4ccc(C(C)(CC)CC)cc4)cc3)cc2)cc1. The van der Waals surface area contributed by atoms with Gasteiger partial charge in [0.15, 0.2) is 7.14 Å². The minimum Gasteiger partial charge on any atom is -0.309 e. The Kier molecular flexibility index (Phi) is 11.8. The Morgan fingerprint density at radius 1 is 0.531 bits per heavy atom. The van der Waals surface area contributed by atoms with Crippen LogP contribution in [0.4, 0.5) is 0 Å². The highest BCUT2D eigenvalue weighted by molar-refractivity contribution is 8.00. The molecule has 1 atom stereocenters. The van der Waals surface area contributed by atoms with Gasteiger partial charge in [-0.2, -0.15) is 0 Å². The van der Waals surface area contributed by atoms with E-state index in [4.69, 9.17) is 0 Å². The summed E-state index contributed by atoms with van der Waals surface area (Å²) < 4.78 is 42.1. The van der Waals surface area contributed by atoms with Crippen LogP contribution in [0.15, 0.2) is 152 Å². The summed E-state index contributed by atoms with van der Waals surface area (Å²) >= 11 is 3.35. The van der Waals surface area contributed by atoms with Crippen LogP contribution in [0, 0.1) is 0 Å². The predicted molar refractivity (Wildman–Crippen MR) is 211 cm³/mol. The van der Waals surface area contributed by atoms with Gasteiger partial charge in [-0.15, -0.1) is 11.8 Å². The third kappa shape index (κ3) is 7.99. The van der Waals surface area contributed by atoms with Crippen LogP contribution in [-0.4, -0.2) is 13.2 Å². The van der Waals surface area contributed by atoms with Crippen LogP contribution in [0.5, 0.6) is 0 Å². The van der Waals surface area contributed by atoms with Crippen molar-refractivity contribution >= 4 is 56.4 Å². The summed E-state index contributed by atoms with van der Waals surface area (Å²) in [5, 5.41) is 2.41. The molecule has 0 amide bonds. The maximum Gasteiger partial charge on any atom is 0.206 e. The van der Waals surface area contributed by atoms with Gasteiger partial charge < -0.3 is 4.57 Å². The normalized spacial score (nSPS) is 13.6. The Balaban J connectivity index is 1.35. The summed E-state index contributed by atoms with van der Waals surface area (Å²) in [6, 6.07) is 40.4. The lowest BCUT2D eigenvalue weighted by molar-refractivity contribution is 0.439. The molecule has 0 radical (unpaired) electrons. The van der Waals surface area contributed by atoms with Crippen molar-refractivity contribution in [1.82, 2.24) is 0 Å². The Morgan fingerprint density at radius 2 is 0.939 bits per heavy atom. The molecule has 0 saturated heterocycles. The Hall–Kier alpha value is -3.02. The maximum absolute atomic E-state index is 15.1. The Labute approximate surface area is 302 Å². The molecule has 3 nitrogen and oxygen atoms in total. The van der Waals surface area contributed by atoms with Gasteiger partial charge in [0.1, 0.15) is 0 Å². The van der Waals surface area contributed by atoms with Gasteiger partial charge in [0.05, 0.1) is 9.79 Å². The Bertz CT molecular complexity index is 1980. The summed E-state index contributed by atoms with van der Waals surface area (Å²) in [6.45, 7) is 13.3. The van der Waals surface area contributed by atoms with Gasteiger partial charge in [-0.1, -0.05) is 108 Å². The molecule has 0 aliphatic heterocycles. The third-order valence-corrected chi connectivity index (χ3v) is 17.6. The predicted octanol–water partition coefficient (Wildman–Crippen LogP) is 11.1. The first-order valence-corrected chi connectivity index (χ1v) is 21.9. The number of hydrogen-bond acceptors (Lipinski definition) is 5. The molecule has 1 unspecified atom stereocenters. The molecule has 0 heterocycles. The fourth-order valence-corrected chi connectivity index (χ4v) is 11.7. The smallest absolute Gasteiger partial charge is 0.206 e. The first kappa shape index (κ1) is 37.2. The van der Waals surface area contributed by atoms with E-state index in [1.165, 1.54) is 5.56 Å². The van der Waals surface area contributed by atoms with Crippen molar-refractivity contribution in [3.8, 4) is 0 Å². The molecule has 0 aromatic heterocycles. The number of benzene rings is 5. The molecule has 0 bridgehead atoms. The molecule has 0 aliphatic rings. The number of thioether (sulfide) groups is 1. The fraction of sp³-hybridized carbons (Fsp3) is 0.286. The van der Waals surface area contributed by atoms with E-state index in [9.17, 15) is 8.42 Å². The van der Waals surface area contributed by atoms with E-state index in [0.717, 1.165) is 56.3 Å². The van der Waals surface area contributed by atoms with Crippen LogP contribution < -0.4 is 15.9 Å². The van der Waals surface area contributed by atoms with E-state index in [2.05, 4.69) is 53.7 Å². The van der Waals surface area contributed by atoms with E-state index >= 15 is 4.57 Å². The van der Waals surface area contributed by atoms with Crippen molar-refractivity contribution in [2.45, 2.75) is 102 Å². The minimum absolute atomic E-state index is 0.0899. The van der Waals surface area contributed by atoms with E-state index in [1.807, 2.05) is 91.0 Å². The number of hydrogen-bond donors (Lipinski definition) is 0. The van der Waals surface area contributed by atoms with E-state index in [-0.39, 0.29) is 15.1 Å². The standard InChI is InChI=1S/C42H47O3PS3/c1-7-41(5,8-2)32-16-18-34(19-17-32)46(43,33-14-12-11-13-15-33)35-20-22-36(23-21-35)47-37-24-28-39(29-25-37)49(44,45)40-30-26-38(27-31-40)48-42(6,9-3)10-4/h11-31H,7-10H2,1-6H3. The van der Waals surface area contributed by atoms with E-state index in [0.29, 0.717) is 4.90 Å². The summed E-state index contributed by atoms with van der Waals surface area (Å²) in [6.07, 6.45) is 4.18. The second-order valence-corrected chi connectivity index (χ2v) is 20.6. The van der Waals surface area contributed by atoms with Crippen LogP contribution in [0.1, 0.15) is 72.8 Å². The van der Waals surface area contributed by atoms with Gasteiger partial charge in [-0.3, -0.25) is 0 Å². The van der Waals surface area contributed by atoms with Crippen molar-refractivity contribution < 1.29 is 13.0 Å². The molecule has 0 fully saturated rings. The number of sulfone groups is 1. The molecule has 49 heavy (non-hydrogen) atoms. The van der Waals surface area contributed by atoms with Crippen LogP contribution in [0.25, 0.3) is 0 Å². The average Bonchev–Trinajstić information content (AvgIpc) is 3.15. The number of rotatable bonds is 14. The fourth-order valence-electron chi connectivity index (χ4n) is 5.87. The highest BCUT2D eigenvalue weighted by Gasteiger charge is 2.31. The Morgan fingerprint density at radius 3 is 1.39 bits per heavy atom. The lowest BCUT2D eigenvalue weighted by Crippen LogP contribution is -2.26. The molecular formula is C42H47O3PS3.